The predicted octanol–water partition coefficient (Wildman–Crippen LogP) is 3.90. The molecule has 1 aromatic carbocycles. The van der Waals surface area contributed by atoms with Crippen LogP contribution in [0.2, 0.25) is 5.02 Å². The highest BCUT2D eigenvalue weighted by Gasteiger charge is 2.19. The highest BCUT2D eigenvalue weighted by Crippen LogP contribution is 2.22. The van der Waals surface area contributed by atoms with E-state index >= 15 is 0 Å². The summed E-state index contributed by atoms with van der Waals surface area (Å²) >= 11 is 9.26. The molecule has 0 bridgehead atoms. The lowest BCUT2D eigenvalue weighted by Gasteiger charge is -2.24. The number of methoxy groups -OCH3 is 1. The van der Waals surface area contributed by atoms with Crippen molar-refractivity contribution in [2.75, 3.05) is 20.3 Å². The molecule has 0 atom stereocenters. The fraction of sp³-hybridized carbons (Fsp3) is 0.500. The number of carbonyl (C=O) groups is 1. The van der Waals surface area contributed by atoms with E-state index in [2.05, 4.69) is 35.1 Å². The second-order valence-electron chi connectivity index (χ2n) is 5.21. The second kappa shape index (κ2) is 7.27. The van der Waals surface area contributed by atoms with Crippen molar-refractivity contribution < 1.29 is 9.53 Å². The van der Waals surface area contributed by atoms with E-state index in [1.807, 2.05) is 0 Å². The van der Waals surface area contributed by atoms with Crippen molar-refractivity contribution in [3.8, 4) is 0 Å². The molecule has 0 aliphatic rings. The van der Waals surface area contributed by atoms with E-state index in [1.165, 1.54) is 0 Å². The van der Waals surface area contributed by atoms with Crippen LogP contribution in [-0.4, -0.2) is 26.2 Å². The number of rotatable bonds is 6. The first-order chi connectivity index (χ1) is 8.85. The standard InChI is InChI=1S/C14H19BrClNO2/c1-14(2,6-7-19-3)9-17-13(18)11-8-10(16)4-5-12(11)15/h4-5,8H,6-7,9H2,1-3H3,(H,17,18). The van der Waals surface area contributed by atoms with Crippen LogP contribution in [0.25, 0.3) is 0 Å². The first-order valence-electron chi connectivity index (χ1n) is 6.08. The van der Waals surface area contributed by atoms with Gasteiger partial charge in [0, 0.05) is 29.8 Å². The molecule has 1 rings (SSSR count). The van der Waals surface area contributed by atoms with Crippen LogP contribution in [-0.2, 0) is 4.74 Å². The quantitative estimate of drug-likeness (QED) is 0.847. The number of carbonyl (C=O) groups excluding carboxylic acids is 1. The van der Waals surface area contributed by atoms with E-state index in [0.717, 1.165) is 10.9 Å². The van der Waals surface area contributed by atoms with E-state index in [-0.39, 0.29) is 11.3 Å². The molecule has 0 saturated carbocycles. The lowest BCUT2D eigenvalue weighted by atomic mass is 9.89. The van der Waals surface area contributed by atoms with Gasteiger partial charge in [-0.2, -0.15) is 0 Å². The Labute approximate surface area is 127 Å². The summed E-state index contributed by atoms with van der Waals surface area (Å²) in [5.74, 6) is -0.125. The van der Waals surface area contributed by atoms with Crippen molar-refractivity contribution in [3.63, 3.8) is 0 Å². The Balaban J connectivity index is 2.62. The molecule has 3 nitrogen and oxygen atoms in total. The first kappa shape index (κ1) is 16.5. The van der Waals surface area contributed by atoms with Gasteiger partial charge in [0.05, 0.1) is 5.56 Å². The van der Waals surface area contributed by atoms with Crippen LogP contribution in [0, 0.1) is 5.41 Å². The highest BCUT2D eigenvalue weighted by atomic mass is 79.9. The molecule has 0 aliphatic carbocycles. The summed E-state index contributed by atoms with van der Waals surface area (Å²) in [6, 6.07) is 5.17. The monoisotopic (exact) mass is 347 g/mol. The summed E-state index contributed by atoms with van der Waals surface area (Å²) < 4.78 is 5.81. The van der Waals surface area contributed by atoms with Crippen LogP contribution in [0.15, 0.2) is 22.7 Å². The largest absolute Gasteiger partial charge is 0.385 e. The third-order valence-electron chi connectivity index (χ3n) is 2.88. The summed E-state index contributed by atoms with van der Waals surface area (Å²) in [5, 5.41) is 3.48. The Bertz CT molecular complexity index is 449. The van der Waals surface area contributed by atoms with Crippen molar-refractivity contribution in [1.82, 2.24) is 5.32 Å². The Hall–Kier alpha value is -0.580. The van der Waals surface area contributed by atoms with E-state index in [0.29, 0.717) is 23.7 Å². The van der Waals surface area contributed by atoms with Gasteiger partial charge in [-0.15, -0.1) is 0 Å². The van der Waals surface area contributed by atoms with Crippen LogP contribution in [0.4, 0.5) is 0 Å². The van der Waals surface area contributed by atoms with Crippen molar-refractivity contribution in [3.05, 3.63) is 33.3 Å². The minimum atomic E-state index is -0.125. The van der Waals surface area contributed by atoms with Gasteiger partial charge in [0.15, 0.2) is 0 Å². The normalized spacial score (nSPS) is 11.4. The SMILES string of the molecule is COCCC(C)(C)CNC(=O)c1cc(Cl)ccc1Br. The third kappa shape index (κ3) is 5.51. The molecule has 1 aromatic rings. The number of benzene rings is 1. The molecular weight excluding hydrogens is 330 g/mol. The average Bonchev–Trinajstić information content (AvgIpc) is 2.36. The average molecular weight is 349 g/mol. The van der Waals surface area contributed by atoms with Gasteiger partial charge in [-0.1, -0.05) is 25.4 Å². The summed E-state index contributed by atoms with van der Waals surface area (Å²) in [6.45, 7) is 5.47. The molecule has 0 unspecified atom stereocenters. The number of ether oxygens (including phenoxy) is 1. The molecular formula is C14H19BrClNO2. The van der Waals surface area contributed by atoms with Crippen LogP contribution < -0.4 is 5.32 Å². The van der Waals surface area contributed by atoms with Crippen LogP contribution in [0.1, 0.15) is 30.6 Å². The van der Waals surface area contributed by atoms with E-state index < -0.39 is 0 Å². The fourth-order valence-corrected chi connectivity index (χ4v) is 2.15. The molecule has 0 aliphatic heterocycles. The number of hydrogen-bond acceptors (Lipinski definition) is 2. The zero-order valence-corrected chi connectivity index (χ0v) is 13.8. The Kier molecular flexibility index (Phi) is 6.30. The molecule has 0 fully saturated rings. The van der Waals surface area contributed by atoms with Crippen LogP contribution >= 0.6 is 27.5 Å². The van der Waals surface area contributed by atoms with E-state index in [9.17, 15) is 4.79 Å². The summed E-state index contributed by atoms with van der Waals surface area (Å²) in [7, 11) is 1.68. The number of nitrogens with one attached hydrogen (secondary N) is 1. The maximum atomic E-state index is 12.1. The summed E-state index contributed by atoms with van der Waals surface area (Å²) in [5.41, 5.74) is 0.548. The molecule has 1 N–H and O–H groups in total. The summed E-state index contributed by atoms with van der Waals surface area (Å²) in [6.07, 6.45) is 0.889. The maximum absolute atomic E-state index is 12.1. The summed E-state index contributed by atoms with van der Waals surface area (Å²) in [4.78, 5) is 12.1. The van der Waals surface area contributed by atoms with Gasteiger partial charge >= 0.3 is 0 Å². The molecule has 19 heavy (non-hydrogen) atoms. The van der Waals surface area contributed by atoms with Crippen molar-refractivity contribution in [1.29, 1.82) is 0 Å². The molecule has 5 heteroatoms. The Morgan fingerprint density at radius 1 is 1.47 bits per heavy atom. The lowest BCUT2D eigenvalue weighted by molar-refractivity contribution is 0.0920. The van der Waals surface area contributed by atoms with Gasteiger partial charge in [-0.05, 0) is 46.0 Å². The van der Waals surface area contributed by atoms with Gasteiger partial charge in [-0.3, -0.25) is 4.79 Å². The lowest BCUT2D eigenvalue weighted by Crippen LogP contribution is -2.34. The minimum absolute atomic E-state index is 0.00325. The third-order valence-corrected chi connectivity index (χ3v) is 3.81. The Morgan fingerprint density at radius 3 is 2.79 bits per heavy atom. The van der Waals surface area contributed by atoms with Gasteiger partial charge in [-0.25, -0.2) is 0 Å². The Morgan fingerprint density at radius 2 is 2.16 bits per heavy atom. The van der Waals surface area contributed by atoms with Crippen LogP contribution in [0.3, 0.4) is 0 Å². The van der Waals surface area contributed by atoms with Gasteiger partial charge in [0.2, 0.25) is 0 Å². The van der Waals surface area contributed by atoms with Gasteiger partial charge < -0.3 is 10.1 Å². The molecule has 0 radical (unpaired) electrons. The predicted molar refractivity (Wildman–Crippen MR) is 81.8 cm³/mol. The minimum Gasteiger partial charge on any atom is -0.385 e. The van der Waals surface area contributed by atoms with Crippen molar-refractivity contribution in [2.24, 2.45) is 5.41 Å². The molecule has 0 heterocycles. The topological polar surface area (TPSA) is 38.3 Å². The molecule has 0 aromatic heterocycles. The maximum Gasteiger partial charge on any atom is 0.252 e. The number of halogens is 2. The second-order valence-corrected chi connectivity index (χ2v) is 6.50. The van der Waals surface area contributed by atoms with Gasteiger partial charge in [0.25, 0.3) is 5.91 Å². The van der Waals surface area contributed by atoms with E-state index in [1.54, 1.807) is 25.3 Å². The van der Waals surface area contributed by atoms with Crippen LogP contribution in [0.5, 0.6) is 0 Å². The zero-order valence-electron chi connectivity index (χ0n) is 11.4. The fourth-order valence-electron chi connectivity index (χ4n) is 1.55. The molecule has 106 valence electrons. The molecule has 0 saturated heterocycles. The van der Waals surface area contributed by atoms with Crippen molar-refractivity contribution >= 4 is 33.4 Å². The first-order valence-corrected chi connectivity index (χ1v) is 7.25. The van der Waals surface area contributed by atoms with Gasteiger partial charge in [0.1, 0.15) is 0 Å². The van der Waals surface area contributed by atoms with Crippen molar-refractivity contribution in [2.45, 2.75) is 20.3 Å². The molecule has 0 spiro atoms. The zero-order chi connectivity index (χ0) is 14.5. The number of hydrogen-bond donors (Lipinski definition) is 1. The van der Waals surface area contributed by atoms with E-state index in [4.69, 9.17) is 16.3 Å². The smallest absolute Gasteiger partial charge is 0.252 e. The highest BCUT2D eigenvalue weighted by molar-refractivity contribution is 9.10. The molecule has 1 amide bonds. The number of amides is 1.